The van der Waals surface area contributed by atoms with Gasteiger partial charge in [0.25, 0.3) is 0 Å². The molecule has 0 N–H and O–H groups in total. The third kappa shape index (κ3) is 6.41. The molecule has 0 radical (unpaired) electrons. The number of sulfonamides is 1. The molecule has 2 rings (SSSR count). The number of nitrogens with zero attached hydrogens (tertiary/aromatic N) is 3. The third-order valence-electron chi connectivity index (χ3n) is 4.52. The number of hydrogen-bond acceptors (Lipinski definition) is 4. The molecule has 1 heterocycles. The van der Waals surface area contributed by atoms with Crippen LogP contribution in [0.2, 0.25) is 0 Å². The van der Waals surface area contributed by atoms with Gasteiger partial charge in [0.2, 0.25) is 15.9 Å². The molecule has 0 spiro atoms. The highest BCUT2D eigenvalue weighted by atomic mass is 32.2. The summed E-state index contributed by atoms with van der Waals surface area (Å²) >= 11 is 0. The maximum absolute atomic E-state index is 12.5. The number of benzene rings is 1. The average molecular weight is 368 g/mol. The fourth-order valence-corrected chi connectivity index (χ4v) is 3.75. The van der Waals surface area contributed by atoms with E-state index in [1.54, 1.807) is 4.90 Å². The molecule has 1 aliphatic heterocycles. The lowest BCUT2D eigenvalue weighted by Gasteiger charge is -2.35. The molecule has 25 heavy (non-hydrogen) atoms. The first-order chi connectivity index (χ1) is 11.9. The Balaban J connectivity index is 1.83. The summed E-state index contributed by atoms with van der Waals surface area (Å²) in [5.41, 5.74) is 1.27. The second-order valence-corrected chi connectivity index (χ2v) is 8.58. The number of unbranched alkanes of at least 4 members (excludes halogenated alkanes) is 1. The van der Waals surface area contributed by atoms with Crippen molar-refractivity contribution in [2.75, 3.05) is 45.5 Å². The Morgan fingerprint density at radius 3 is 2.32 bits per heavy atom. The summed E-state index contributed by atoms with van der Waals surface area (Å²) in [6, 6.07) is 10.3. The van der Waals surface area contributed by atoms with Gasteiger partial charge in [-0.25, -0.2) is 8.42 Å². The SMILES string of the molecule is CCCCN(CC(=O)N1CCN(Cc2ccccc2)CC1)S(C)(=O)=O. The molecule has 0 aromatic heterocycles. The van der Waals surface area contributed by atoms with E-state index in [1.807, 2.05) is 25.1 Å². The van der Waals surface area contributed by atoms with Gasteiger partial charge >= 0.3 is 0 Å². The lowest BCUT2D eigenvalue weighted by molar-refractivity contribution is -0.133. The van der Waals surface area contributed by atoms with Crippen LogP contribution in [0.15, 0.2) is 30.3 Å². The normalized spacial score (nSPS) is 16.4. The van der Waals surface area contributed by atoms with Gasteiger partial charge in [-0.05, 0) is 12.0 Å². The number of rotatable bonds is 8. The Kier molecular flexibility index (Phi) is 7.40. The van der Waals surface area contributed by atoms with Gasteiger partial charge in [0.15, 0.2) is 0 Å². The maximum atomic E-state index is 12.5. The predicted octanol–water partition coefficient (Wildman–Crippen LogP) is 1.39. The summed E-state index contributed by atoms with van der Waals surface area (Å²) in [7, 11) is -3.35. The second kappa shape index (κ2) is 9.31. The third-order valence-corrected chi connectivity index (χ3v) is 5.77. The molecule has 1 aliphatic rings. The van der Waals surface area contributed by atoms with Crippen molar-refractivity contribution in [1.29, 1.82) is 0 Å². The Bertz CT molecular complexity index is 641. The molecule has 0 unspecified atom stereocenters. The van der Waals surface area contributed by atoms with Gasteiger partial charge in [0.05, 0.1) is 12.8 Å². The second-order valence-electron chi connectivity index (χ2n) is 6.59. The molecule has 0 bridgehead atoms. The zero-order valence-electron chi connectivity index (χ0n) is 15.2. The fourth-order valence-electron chi connectivity index (χ4n) is 2.94. The van der Waals surface area contributed by atoms with E-state index >= 15 is 0 Å². The summed E-state index contributed by atoms with van der Waals surface area (Å²) in [6.07, 6.45) is 2.84. The van der Waals surface area contributed by atoms with Crippen molar-refractivity contribution < 1.29 is 13.2 Å². The highest BCUT2D eigenvalue weighted by Gasteiger charge is 2.25. The van der Waals surface area contributed by atoms with Gasteiger partial charge in [0, 0.05) is 39.3 Å². The molecule has 140 valence electrons. The Hall–Kier alpha value is -1.44. The summed E-state index contributed by atoms with van der Waals surface area (Å²) < 4.78 is 25.0. The zero-order valence-corrected chi connectivity index (χ0v) is 16.0. The smallest absolute Gasteiger partial charge is 0.237 e. The van der Waals surface area contributed by atoms with Crippen LogP contribution < -0.4 is 0 Å². The average Bonchev–Trinajstić information content (AvgIpc) is 2.59. The van der Waals surface area contributed by atoms with E-state index in [0.717, 1.165) is 32.5 Å². The monoisotopic (exact) mass is 367 g/mol. The van der Waals surface area contributed by atoms with Crippen LogP contribution in [0.1, 0.15) is 25.3 Å². The van der Waals surface area contributed by atoms with Gasteiger partial charge in [-0.1, -0.05) is 43.7 Å². The van der Waals surface area contributed by atoms with Gasteiger partial charge in [0.1, 0.15) is 0 Å². The molecule has 1 amide bonds. The first-order valence-corrected chi connectivity index (χ1v) is 10.7. The topological polar surface area (TPSA) is 60.9 Å². The van der Waals surface area contributed by atoms with E-state index in [9.17, 15) is 13.2 Å². The van der Waals surface area contributed by atoms with Gasteiger partial charge in [-0.15, -0.1) is 0 Å². The zero-order chi connectivity index (χ0) is 18.3. The van der Waals surface area contributed by atoms with Crippen molar-refractivity contribution in [3.05, 3.63) is 35.9 Å². The molecule has 0 atom stereocenters. The molecule has 0 saturated carbocycles. The van der Waals surface area contributed by atoms with Crippen LogP contribution in [-0.2, 0) is 21.4 Å². The van der Waals surface area contributed by atoms with Crippen molar-refractivity contribution >= 4 is 15.9 Å². The van der Waals surface area contributed by atoms with E-state index in [1.165, 1.54) is 16.1 Å². The minimum Gasteiger partial charge on any atom is -0.339 e. The van der Waals surface area contributed by atoms with Crippen molar-refractivity contribution in [1.82, 2.24) is 14.1 Å². The largest absolute Gasteiger partial charge is 0.339 e. The quantitative estimate of drug-likeness (QED) is 0.697. The van der Waals surface area contributed by atoms with Crippen molar-refractivity contribution in [2.45, 2.75) is 26.3 Å². The fraction of sp³-hybridized carbons (Fsp3) is 0.611. The number of piperazine rings is 1. The van der Waals surface area contributed by atoms with E-state index in [4.69, 9.17) is 0 Å². The lowest BCUT2D eigenvalue weighted by Crippen LogP contribution is -2.51. The van der Waals surface area contributed by atoms with Crippen LogP contribution in [0.3, 0.4) is 0 Å². The minimum atomic E-state index is -3.35. The predicted molar refractivity (Wildman–Crippen MR) is 99.6 cm³/mol. The van der Waals surface area contributed by atoms with Gasteiger partial charge < -0.3 is 4.90 Å². The molecule has 7 heteroatoms. The van der Waals surface area contributed by atoms with Crippen molar-refractivity contribution in [3.8, 4) is 0 Å². The van der Waals surface area contributed by atoms with Crippen LogP contribution in [-0.4, -0.2) is 74.0 Å². The summed E-state index contributed by atoms with van der Waals surface area (Å²) in [6.45, 7) is 6.19. The minimum absolute atomic E-state index is 0.0441. The standard InChI is InChI=1S/C18H29N3O3S/c1-3-4-10-21(25(2,23)24)16-18(22)20-13-11-19(12-14-20)15-17-8-6-5-7-9-17/h5-9H,3-4,10-16H2,1-2H3. The van der Waals surface area contributed by atoms with E-state index in [2.05, 4.69) is 17.0 Å². The summed E-state index contributed by atoms with van der Waals surface area (Å²) in [5.74, 6) is -0.0964. The number of hydrogen-bond donors (Lipinski definition) is 0. The maximum Gasteiger partial charge on any atom is 0.237 e. The van der Waals surface area contributed by atoms with Crippen LogP contribution in [0.5, 0.6) is 0 Å². The summed E-state index contributed by atoms with van der Waals surface area (Å²) in [5, 5.41) is 0. The van der Waals surface area contributed by atoms with Crippen LogP contribution in [0.4, 0.5) is 0 Å². The summed E-state index contributed by atoms with van der Waals surface area (Å²) in [4.78, 5) is 16.6. The van der Waals surface area contributed by atoms with E-state index in [-0.39, 0.29) is 12.5 Å². The number of carbonyl (C=O) groups excluding carboxylic acids is 1. The Morgan fingerprint density at radius 2 is 1.76 bits per heavy atom. The number of carbonyl (C=O) groups is 1. The number of amides is 1. The van der Waals surface area contributed by atoms with Crippen molar-refractivity contribution in [3.63, 3.8) is 0 Å². The van der Waals surface area contributed by atoms with Crippen LogP contribution in [0.25, 0.3) is 0 Å². The molecule has 1 aromatic carbocycles. The molecule has 0 aliphatic carbocycles. The lowest BCUT2D eigenvalue weighted by atomic mass is 10.2. The molecule has 1 aromatic rings. The Morgan fingerprint density at radius 1 is 1.12 bits per heavy atom. The van der Waals surface area contributed by atoms with E-state index < -0.39 is 10.0 Å². The highest BCUT2D eigenvalue weighted by molar-refractivity contribution is 7.88. The first kappa shape index (κ1) is 19.9. The highest BCUT2D eigenvalue weighted by Crippen LogP contribution is 2.10. The Labute approximate surface area is 151 Å². The van der Waals surface area contributed by atoms with Gasteiger partial charge in [-0.2, -0.15) is 4.31 Å². The molecule has 1 fully saturated rings. The first-order valence-electron chi connectivity index (χ1n) is 8.89. The van der Waals surface area contributed by atoms with Crippen LogP contribution in [0, 0.1) is 0 Å². The molecule has 6 nitrogen and oxygen atoms in total. The molecular formula is C18H29N3O3S. The molecular weight excluding hydrogens is 338 g/mol. The molecule has 1 saturated heterocycles. The van der Waals surface area contributed by atoms with Crippen molar-refractivity contribution in [2.24, 2.45) is 0 Å². The van der Waals surface area contributed by atoms with E-state index in [0.29, 0.717) is 19.6 Å². The van der Waals surface area contributed by atoms with Gasteiger partial charge in [-0.3, -0.25) is 9.69 Å². The van der Waals surface area contributed by atoms with Crippen LogP contribution >= 0.6 is 0 Å².